The Morgan fingerprint density at radius 2 is 1.50 bits per heavy atom. The minimum Gasteiger partial charge on any atom is -0.378 e. The molecule has 0 atom stereocenters. The highest BCUT2D eigenvalue weighted by Crippen LogP contribution is 2.29. The average Bonchev–Trinajstić information content (AvgIpc) is 3.15. The molecule has 4 rings (SSSR count). The van der Waals surface area contributed by atoms with E-state index in [1.807, 2.05) is 55.2 Å². The number of rotatable bonds is 4. The minimum absolute atomic E-state index is 0.807. The van der Waals surface area contributed by atoms with Crippen molar-refractivity contribution in [2.75, 3.05) is 19.0 Å². The van der Waals surface area contributed by atoms with Gasteiger partial charge in [-0.1, -0.05) is 48.5 Å². The van der Waals surface area contributed by atoms with Crippen LogP contribution in [-0.4, -0.2) is 28.9 Å². The fourth-order valence-electron chi connectivity index (χ4n) is 2.92. The van der Waals surface area contributed by atoms with Gasteiger partial charge in [-0.15, -0.1) is 0 Å². The van der Waals surface area contributed by atoms with E-state index in [1.165, 1.54) is 5.69 Å². The fraction of sp³-hybridized carbons (Fsp3) is 0.0909. The standard InChI is InChI=1S/C22H20N4/c1-25(2)19-13-11-18(12-14-19)21-16-20(17-8-4-3-5-9-17)24-26(21)22-10-6-7-15-23-22/h3-16H,1-2H3. The highest BCUT2D eigenvalue weighted by molar-refractivity contribution is 5.71. The van der Waals surface area contributed by atoms with E-state index >= 15 is 0 Å². The van der Waals surface area contributed by atoms with Crippen molar-refractivity contribution in [1.82, 2.24) is 14.8 Å². The summed E-state index contributed by atoms with van der Waals surface area (Å²) in [6.07, 6.45) is 1.79. The predicted octanol–water partition coefficient (Wildman–Crippen LogP) is 4.67. The molecular weight excluding hydrogens is 320 g/mol. The predicted molar refractivity (Wildman–Crippen MR) is 107 cm³/mol. The number of benzene rings is 2. The Labute approximate surface area is 153 Å². The summed E-state index contributed by atoms with van der Waals surface area (Å²) < 4.78 is 1.91. The lowest BCUT2D eigenvalue weighted by Gasteiger charge is -2.13. The van der Waals surface area contributed by atoms with Crippen LogP contribution in [0.3, 0.4) is 0 Å². The van der Waals surface area contributed by atoms with Gasteiger partial charge in [-0.25, -0.2) is 9.67 Å². The number of nitrogens with zero attached hydrogens (tertiary/aromatic N) is 4. The maximum absolute atomic E-state index is 4.83. The highest BCUT2D eigenvalue weighted by Gasteiger charge is 2.13. The summed E-state index contributed by atoms with van der Waals surface area (Å²) in [7, 11) is 4.08. The van der Waals surface area contributed by atoms with Crippen LogP contribution >= 0.6 is 0 Å². The van der Waals surface area contributed by atoms with Gasteiger partial charge in [-0.3, -0.25) is 0 Å². The summed E-state index contributed by atoms with van der Waals surface area (Å²) in [6.45, 7) is 0. The monoisotopic (exact) mass is 340 g/mol. The second-order valence-electron chi connectivity index (χ2n) is 6.32. The molecule has 2 aromatic carbocycles. The topological polar surface area (TPSA) is 34.0 Å². The first kappa shape index (κ1) is 16.1. The van der Waals surface area contributed by atoms with E-state index in [9.17, 15) is 0 Å². The number of hydrogen-bond acceptors (Lipinski definition) is 3. The third-order valence-corrected chi connectivity index (χ3v) is 4.32. The molecule has 0 aliphatic heterocycles. The zero-order valence-electron chi connectivity index (χ0n) is 14.9. The lowest BCUT2D eigenvalue weighted by atomic mass is 10.1. The Morgan fingerprint density at radius 1 is 0.769 bits per heavy atom. The number of anilines is 1. The molecule has 2 heterocycles. The smallest absolute Gasteiger partial charge is 0.153 e. The molecule has 4 nitrogen and oxygen atoms in total. The maximum atomic E-state index is 4.83. The molecule has 0 unspecified atom stereocenters. The van der Waals surface area contributed by atoms with Crippen molar-refractivity contribution in [3.8, 4) is 28.3 Å². The van der Waals surface area contributed by atoms with Crippen LogP contribution < -0.4 is 4.90 Å². The van der Waals surface area contributed by atoms with Crippen molar-refractivity contribution in [2.24, 2.45) is 0 Å². The molecule has 2 aromatic heterocycles. The molecular formula is C22H20N4. The number of aromatic nitrogens is 3. The summed E-state index contributed by atoms with van der Waals surface area (Å²) in [6, 6.07) is 26.7. The van der Waals surface area contributed by atoms with Gasteiger partial charge in [-0.05, 0) is 30.3 Å². The van der Waals surface area contributed by atoms with Gasteiger partial charge in [0.1, 0.15) is 0 Å². The molecule has 0 fully saturated rings. The van der Waals surface area contributed by atoms with E-state index in [-0.39, 0.29) is 0 Å². The highest BCUT2D eigenvalue weighted by atomic mass is 15.3. The molecule has 0 bridgehead atoms. The molecule has 128 valence electrons. The second-order valence-corrected chi connectivity index (χ2v) is 6.32. The lowest BCUT2D eigenvalue weighted by Crippen LogP contribution is -2.08. The molecule has 0 amide bonds. The third kappa shape index (κ3) is 3.09. The van der Waals surface area contributed by atoms with Crippen LogP contribution in [0.2, 0.25) is 0 Å². The summed E-state index contributed by atoms with van der Waals surface area (Å²) in [4.78, 5) is 6.57. The van der Waals surface area contributed by atoms with Crippen molar-refractivity contribution in [3.63, 3.8) is 0 Å². The maximum Gasteiger partial charge on any atom is 0.153 e. The zero-order chi connectivity index (χ0) is 17.9. The summed E-state index contributed by atoms with van der Waals surface area (Å²) in [5.41, 5.74) is 5.32. The van der Waals surface area contributed by atoms with Crippen molar-refractivity contribution >= 4 is 5.69 Å². The largest absolute Gasteiger partial charge is 0.378 e. The summed E-state index contributed by atoms with van der Waals surface area (Å²) in [5, 5.41) is 4.83. The minimum atomic E-state index is 0.807. The Morgan fingerprint density at radius 3 is 2.15 bits per heavy atom. The van der Waals surface area contributed by atoms with Gasteiger partial charge < -0.3 is 4.90 Å². The van der Waals surface area contributed by atoms with E-state index in [2.05, 4.69) is 52.3 Å². The molecule has 0 radical (unpaired) electrons. The SMILES string of the molecule is CN(C)c1ccc(-c2cc(-c3ccccc3)nn2-c2ccccn2)cc1. The third-order valence-electron chi connectivity index (χ3n) is 4.32. The molecule has 0 aliphatic carbocycles. The van der Waals surface area contributed by atoms with Crippen molar-refractivity contribution in [3.05, 3.63) is 85.1 Å². The average molecular weight is 340 g/mol. The van der Waals surface area contributed by atoms with Crippen LogP contribution in [0.25, 0.3) is 28.3 Å². The van der Waals surface area contributed by atoms with E-state index in [0.29, 0.717) is 0 Å². The van der Waals surface area contributed by atoms with Gasteiger partial charge in [0.05, 0.1) is 11.4 Å². The molecule has 0 N–H and O–H groups in total. The van der Waals surface area contributed by atoms with Crippen LogP contribution in [0.5, 0.6) is 0 Å². The molecule has 0 aliphatic rings. The Hall–Kier alpha value is -3.40. The zero-order valence-corrected chi connectivity index (χ0v) is 14.9. The van der Waals surface area contributed by atoms with Gasteiger partial charge in [0.25, 0.3) is 0 Å². The normalized spacial score (nSPS) is 10.7. The van der Waals surface area contributed by atoms with Gasteiger partial charge in [0.2, 0.25) is 0 Å². The molecule has 26 heavy (non-hydrogen) atoms. The number of hydrogen-bond donors (Lipinski definition) is 0. The molecule has 4 aromatic rings. The quantitative estimate of drug-likeness (QED) is 0.541. The van der Waals surface area contributed by atoms with E-state index in [1.54, 1.807) is 6.20 Å². The van der Waals surface area contributed by atoms with Gasteiger partial charge in [0, 0.05) is 37.1 Å². The Kier molecular flexibility index (Phi) is 4.23. The second kappa shape index (κ2) is 6.84. The summed E-state index contributed by atoms with van der Waals surface area (Å²) >= 11 is 0. The first-order valence-electron chi connectivity index (χ1n) is 8.57. The molecule has 4 heteroatoms. The van der Waals surface area contributed by atoms with E-state index < -0.39 is 0 Å². The van der Waals surface area contributed by atoms with Crippen LogP contribution in [0.15, 0.2) is 85.1 Å². The van der Waals surface area contributed by atoms with E-state index in [0.717, 1.165) is 28.3 Å². The van der Waals surface area contributed by atoms with Crippen molar-refractivity contribution in [2.45, 2.75) is 0 Å². The molecule has 0 saturated heterocycles. The molecule has 0 saturated carbocycles. The lowest BCUT2D eigenvalue weighted by molar-refractivity contribution is 0.857. The van der Waals surface area contributed by atoms with Gasteiger partial charge in [0.15, 0.2) is 5.82 Å². The summed E-state index contributed by atoms with van der Waals surface area (Å²) in [5.74, 6) is 0.807. The fourth-order valence-corrected chi connectivity index (χ4v) is 2.92. The van der Waals surface area contributed by atoms with Gasteiger partial charge >= 0.3 is 0 Å². The Balaban J connectivity index is 1.85. The van der Waals surface area contributed by atoms with Crippen LogP contribution in [0, 0.1) is 0 Å². The van der Waals surface area contributed by atoms with Crippen LogP contribution in [0.1, 0.15) is 0 Å². The van der Waals surface area contributed by atoms with Crippen molar-refractivity contribution in [1.29, 1.82) is 0 Å². The van der Waals surface area contributed by atoms with Crippen molar-refractivity contribution < 1.29 is 0 Å². The Bertz CT molecular complexity index is 988. The first-order chi connectivity index (χ1) is 12.7. The van der Waals surface area contributed by atoms with Crippen LogP contribution in [0.4, 0.5) is 5.69 Å². The molecule has 0 spiro atoms. The number of pyridine rings is 1. The van der Waals surface area contributed by atoms with Gasteiger partial charge in [-0.2, -0.15) is 5.10 Å². The first-order valence-corrected chi connectivity index (χ1v) is 8.57. The van der Waals surface area contributed by atoms with Crippen LogP contribution in [-0.2, 0) is 0 Å². The van der Waals surface area contributed by atoms with E-state index in [4.69, 9.17) is 5.10 Å².